The van der Waals surface area contributed by atoms with Crippen LogP contribution in [0.15, 0.2) is 0 Å². The molecule has 0 saturated heterocycles. The van der Waals surface area contributed by atoms with Gasteiger partial charge in [-0.05, 0) is 12.8 Å². The van der Waals surface area contributed by atoms with Crippen molar-refractivity contribution in [3.8, 4) is 0 Å². The number of carbonyl (C=O) groups excluding carboxylic acids is 3. The maximum atomic E-state index is 12.3. The molecule has 11 heteroatoms. The Bertz CT molecular complexity index is 496. The first-order valence-electron chi connectivity index (χ1n) is 7.66. The lowest BCUT2D eigenvalue weighted by atomic mass is 10.0. The number of carbonyl (C=O) groups is 4. The first-order valence-corrected chi connectivity index (χ1v) is 7.66. The standard InChI is InChI=1S/C14H26N4O7/c1-6(2)10(13(24)16-4-9(21)22)17-14(25)11(7(3)20)18-12(23)8(15)5-19/h6-8,10-11,19-20H,4-5,15H2,1-3H3,(H,16,24)(H,17,25)(H,18,23)(H,21,22). The largest absolute Gasteiger partial charge is 0.480 e. The third-order valence-electron chi connectivity index (χ3n) is 3.26. The highest BCUT2D eigenvalue weighted by atomic mass is 16.4. The predicted molar refractivity (Wildman–Crippen MR) is 86.1 cm³/mol. The Balaban J connectivity index is 5.06. The van der Waals surface area contributed by atoms with Crippen molar-refractivity contribution in [1.29, 1.82) is 0 Å². The number of aliphatic hydroxyl groups excluding tert-OH is 2. The number of aliphatic carboxylic acids is 1. The van der Waals surface area contributed by atoms with E-state index in [1.807, 2.05) is 0 Å². The fourth-order valence-electron chi connectivity index (χ4n) is 1.80. The first kappa shape index (κ1) is 22.8. The third kappa shape index (κ3) is 7.92. The zero-order valence-electron chi connectivity index (χ0n) is 14.4. The van der Waals surface area contributed by atoms with Crippen molar-refractivity contribution in [2.24, 2.45) is 11.7 Å². The molecule has 25 heavy (non-hydrogen) atoms. The summed E-state index contributed by atoms with van der Waals surface area (Å²) in [6, 6.07) is -3.75. The maximum Gasteiger partial charge on any atom is 0.322 e. The number of rotatable bonds is 10. The molecule has 4 atom stereocenters. The minimum absolute atomic E-state index is 0.386. The summed E-state index contributed by atoms with van der Waals surface area (Å²) in [7, 11) is 0. The van der Waals surface area contributed by atoms with Crippen LogP contribution in [0, 0.1) is 5.92 Å². The number of nitrogens with two attached hydrogens (primary N) is 1. The van der Waals surface area contributed by atoms with Gasteiger partial charge in [-0.3, -0.25) is 19.2 Å². The lowest BCUT2D eigenvalue weighted by molar-refractivity contribution is -0.139. The molecule has 0 bridgehead atoms. The van der Waals surface area contributed by atoms with Gasteiger partial charge in [-0.1, -0.05) is 13.8 Å². The second-order valence-electron chi connectivity index (χ2n) is 5.86. The molecule has 0 rings (SSSR count). The molecule has 0 aliphatic heterocycles. The number of amides is 3. The molecule has 0 radical (unpaired) electrons. The third-order valence-corrected chi connectivity index (χ3v) is 3.26. The van der Waals surface area contributed by atoms with E-state index in [2.05, 4.69) is 16.0 Å². The van der Waals surface area contributed by atoms with Gasteiger partial charge in [-0.25, -0.2) is 0 Å². The molecular formula is C14H26N4O7. The van der Waals surface area contributed by atoms with E-state index in [9.17, 15) is 24.3 Å². The SMILES string of the molecule is CC(C)C(NC(=O)C(NC(=O)C(N)CO)C(C)O)C(=O)NCC(=O)O. The van der Waals surface area contributed by atoms with Gasteiger partial charge in [0.1, 0.15) is 24.7 Å². The van der Waals surface area contributed by atoms with Crippen molar-refractivity contribution in [2.45, 2.75) is 45.0 Å². The minimum atomic E-state index is -1.40. The molecule has 4 unspecified atom stereocenters. The number of hydrogen-bond acceptors (Lipinski definition) is 7. The number of hydrogen-bond donors (Lipinski definition) is 7. The smallest absolute Gasteiger partial charge is 0.322 e. The molecule has 0 aromatic rings. The zero-order chi connectivity index (χ0) is 19.7. The Hall–Kier alpha value is -2.24. The molecule has 8 N–H and O–H groups in total. The summed E-state index contributed by atoms with van der Waals surface area (Å²) < 4.78 is 0. The van der Waals surface area contributed by atoms with Crippen molar-refractivity contribution < 1.29 is 34.5 Å². The van der Waals surface area contributed by atoms with Gasteiger partial charge >= 0.3 is 5.97 Å². The van der Waals surface area contributed by atoms with E-state index in [-0.39, 0.29) is 5.92 Å². The van der Waals surface area contributed by atoms with Crippen LogP contribution in [0.4, 0.5) is 0 Å². The van der Waals surface area contributed by atoms with E-state index < -0.39 is 61.1 Å². The van der Waals surface area contributed by atoms with Crippen LogP contribution in [0.25, 0.3) is 0 Å². The quantitative estimate of drug-likeness (QED) is 0.208. The maximum absolute atomic E-state index is 12.3. The van der Waals surface area contributed by atoms with E-state index in [0.717, 1.165) is 0 Å². The number of aliphatic hydroxyl groups is 2. The van der Waals surface area contributed by atoms with E-state index in [0.29, 0.717) is 0 Å². The molecule has 0 saturated carbocycles. The molecule has 0 fully saturated rings. The van der Waals surface area contributed by atoms with Crippen molar-refractivity contribution in [3.05, 3.63) is 0 Å². The average Bonchev–Trinajstić information content (AvgIpc) is 2.53. The van der Waals surface area contributed by atoms with E-state index in [1.165, 1.54) is 6.92 Å². The Morgan fingerprint density at radius 1 is 0.960 bits per heavy atom. The van der Waals surface area contributed by atoms with Crippen LogP contribution in [0.2, 0.25) is 0 Å². The highest BCUT2D eigenvalue weighted by molar-refractivity contribution is 5.94. The molecule has 0 aliphatic rings. The Kier molecular flexibility index (Phi) is 9.64. The molecule has 0 spiro atoms. The van der Waals surface area contributed by atoms with Crippen LogP contribution in [0.1, 0.15) is 20.8 Å². The first-order chi connectivity index (χ1) is 11.5. The van der Waals surface area contributed by atoms with Crippen molar-refractivity contribution >= 4 is 23.7 Å². The lowest BCUT2D eigenvalue weighted by Gasteiger charge is -2.26. The molecular weight excluding hydrogens is 336 g/mol. The summed E-state index contributed by atoms with van der Waals surface area (Å²) in [5, 5.41) is 33.8. The second kappa shape index (κ2) is 10.6. The summed E-state index contributed by atoms with van der Waals surface area (Å²) in [6.45, 7) is 3.25. The van der Waals surface area contributed by atoms with Gasteiger partial charge in [-0.2, -0.15) is 0 Å². The van der Waals surface area contributed by atoms with Crippen LogP contribution in [0.3, 0.4) is 0 Å². The number of carboxylic acid groups (broad SMARTS) is 1. The summed E-state index contributed by atoms with van der Waals surface area (Å²) in [4.78, 5) is 46.5. The minimum Gasteiger partial charge on any atom is -0.480 e. The predicted octanol–water partition coefficient (Wildman–Crippen LogP) is -3.49. The van der Waals surface area contributed by atoms with Crippen LogP contribution < -0.4 is 21.7 Å². The van der Waals surface area contributed by atoms with Crippen LogP contribution in [0.5, 0.6) is 0 Å². The summed E-state index contributed by atoms with van der Waals surface area (Å²) in [6.07, 6.45) is -1.30. The monoisotopic (exact) mass is 362 g/mol. The van der Waals surface area contributed by atoms with Gasteiger partial charge in [0.15, 0.2) is 0 Å². The molecule has 0 aromatic carbocycles. The number of nitrogens with one attached hydrogen (secondary N) is 3. The lowest BCUT2D eigenvalue weighted by Crippen LogP contribution is -2.60. The molecule has 144 valence electrons. The van der Waals surface area contributed by atoms with E-state index in [1.54, 1.807) is 13.8 Å². The Morgan fingerprint density at radius 3 is 1.88 bits per heavy atom. The summed E-state index contributed by atoms with van der Waals surface area (Å²) in [5.74, 6) is -4.04. The van der Waals surface area contributed by atoms with Crippen molar-refractivity contribution in [2.75, 3.05) is 13.2 Å². The van der Waals surface area contributed by atoms with E-state index in [4.69, 9.17) is 15.9 Å². The van der Waals surface area contributed by atoms with Gasteiger partial charge in [0.25, 0.3) is 0 Å². The van der Waals surface area contributed by atoms with Gasteiger partial charge < -0.3 is 37.0 Å². The van der Waals surface area contributed by atoms with Gasteiger partial charge in [0, 0.05) is 0 Å². The topological polar surface area (TPSA) is 191 Å². The fraction of sp³-hybridized carbons (Fsp3) is 0.714. The highest BCUT2D eigenvalue weighted by Gasteiger charge is 2.32. The van der Waals surface area contributed by atoms with Crippen LogP contribution in [-0.4, -0.2) is 76.4 Å². The molecule has 0 aliphatic carbocycles. The molecule has 0 aromatic heterocycles. The molecule has 11 nitrogen and oxygen atoms in total. The summed E-state index contributed by atoms with van der Waals surface area (Å²) in [5.41, 5.74) is 5.34. The Morgan fingerprint density at radius 2 is 1.48 bits per heavy atom. The van der Waals surface area contributed by atoms with Crippen molar-refractivity contribution in [1.82, 2.24) is 16.0 Å². The van der Waals surface area contributed by atoms with E-state index >= 15 is 0 Å². The zero-order valence-corrected chi connectivity index (χ0v) is 14.4. The number of carboxylic acids is 1. The highest BCUT2D eigenvalue weighted by Crippen LogP contribution is 2.04. The normalized spacial score (nSPS) is 15.6. The van der Waals surface area contributed by atoms with Crippen molar-refractivity contribution in [3.63, 3.8) is 0 Å². The fourth-order valence-corrected chi connectivity index (χ4v) is 1.80. The van der Waals surface area contributed by atoms with Gasteiger partial charge in [0.05, 0.1) is 12.7 Å². The van der Waals surface area contributed by atoms with Crippen LogP contribution in [-0.2, 0) is 19.2 Å². The molecule has 0 heterocycles. The van der Waals surface area contributed by atoms with Gasteiger partial charge in [0.2, 0.25) is 17.7 Å². The average molecular weight is 362 g/mol. The second-order valence-corrected chi connectivity index (χ2v) is 5.86. The molecule has 3 amide bonds. The van der Waals surface area contributed by atoms with Gasteiger partial charge in [-0.15, -0.1) is 0 Å². The Labute approximate surface area is 145 Å². The van der Waals surface area contributed by atoms with Crippen LogP contribution >= 0.6 is 0 Å². The summed E-state index contributed by atoms with van der Waals surface area (Å²) >= 11 is 0.